The maximum Gasteiger partial charge on any atom is 0.239 e. The zero-order valence-electron chi connectivity index (χ0n) is 14.8. The first-order chi connectivity index (χ1) is 10.4. The van der Waals surface area contributed by atoms with E-state index in [1.54, 1.807) is 7.11 Å². The highest BCUT2D eigenvalue weighted by molar-refractivity contribution is 5.85. The van der Waals surface area contributed by atoms with E-state index in [0.717, 1.165) is 12.0 Å². The molecule has 1 aromatic carbocycles. The first-order valence-corrected chi connectivity index (χ1v) is 8.05. The number of halogens is 1. The summed E-state index contributed by atoms with van der Waals surface area (Å²) in [6.07, 6.45) is 1.12. The van der Waals surface area contributed by atoms with Gasteiger partial charge in [-0.1, -0.05) is 52.0 Å². The molecule has 0 aliphatic heterocycles. The summed E-state index contributed by atoms with van der Waals surface area (Å²) in [6, 6.07) is 7.84. The van der Waals surface area contributed by atoms with Crippen LogP contribution in [0.1, 0.15) is 57.2 Å². The zero-order chi connectivity index (χ0) is 16.7. The van der Waals surface area contributed by atoms with Crippen LogP contribution in [0.2, 0.25) is 0 Å². The number of nitrogens with two attached hydrogens (primary N) is 1. The average Bonchev–Trinajstić information content (AvgIpc) is 2.51. The van der Waals surface area contributed by atoms with Crippen LogP contribution in [0.25, 0.3) is 0 Å². The lowest BCUT2D eigenvalue weighted by Crippen LogP contribution is -2.45. The van der Waals surface area contributed by atoms with Crippen molar-refractivity contribution >= 4 is 18.3 Å². The van der Waals surface area contributed by atoms with Crippen LogP contribution in [0, 0.1) is 5.92 Å². The van der Waals surface area contributed by atoms with Crippen molar-refractivity contribution < 1.29 is 9.53 Å². The van der Waals surface area contributed by atoms with Crippen LogP contribution < -0.4 is 11.1 Å². The van der Waals surface area contributed by atoms with Gasteiger partial charge in [-0.2, -0.15) is 0 Å². The van der Waals surface area contributed by atoms with Crippen molar-refractivity contribution in [3.63, 3.8) is 0 Å². The maximum absolute atomic E-state index is 12.1. The first kappa shape index (κ1) is 21.9. The van der Waals surface area contributed by atoms with Crippen LogP contribution in [0.15, 0.2) is 24.3 Å². The largest absolute Gasteiger partial charge is 0.383 e. The van der Waals surface area contributed by atoms with Crippen molar-refractivity contribution in [1.82, 2.24) is 5.32 Å². The quantitative estimate of drug-likeness (QED) is 0.761. The number of benzene rings is 1. The molecule has 0 radical (unpaired) electrons. The molecule has 0 aliphatic rings. The smallest absolute Gasteiger partial charge is 0.239 e. The fourth-order valence-electron chi connectivity index (χ4n) is 2.42. The van der Waals surface area contributed by atoms with Crippen LogP contribution >= 0.6 is 12.4 Å². The number of ether oxygens (including phenoxy) is 1. The van der Waals surface area contributed by atoms with Gasteiger partial charge in [0.1, 0.15) is 6.04 Å². The van der Waals surface area contributed by atoms with Crippen molar-refractivity contribution in [2.75, 3.05) is 13.7 Å². The fourth-order valence-corrected chi connectivity index (χ4v) is 2.42. The lowest BCUT2D eigenvalue weighted by Gasteiger charge is -2.25. The van der Waals surface area contributed by atoms with Crippen LogP contribution in [0.3, 0.4) is 0 Å². The molecule has 3 atom stereocenters. The molecule has 0 aromatic heterocycles. The van der Waals surface area contributed by atoms with Gasteiger partial charge in [0.25, 0.3) is 0 Å². The number of hydrogen-bond donors (Lipinski definition) is 2. The average molecular weight is 343 g/mol. The fraction of sp³-hybridized carbons (Fsp3) is 0.611. The summed E-state index contributed by atoms with van der Waals surface area (Å²) in [7, 11) is 1.54. The van der Waals surface area contributed by atoms with Gasteiger partial charge >= 0.3 is 0 Å². The highest BCUT2D eigenvalue weighted by atomic mass is 35.5. The molecule has 0 saturated carbocycles. The lowest BCUT2D eigenvalue weighted by molar-refractivity contribution is -0.124. The Morgan fingerprint density at radius 1 is 1.17 bits per heavy atom. The number of hydrogen-bond acceptors (Lipinski definition) is 3. The van der Waals surface area contributed by atoms with Gasteiger partial charge in [-0.05, 0) is 29.4 Å². The normalized spacial score (nSPS) is 14.7. The molecule has 4 nitrogen and oxygen atoms in total. The summed E-state index contributed by atoms with van der Waals surface area (Å²) in [5, 5.41) is 3.04. The Bertz CT molecular complexity index is 463. The molecular weight excluding hydrogens is 312 g/mol. The van der Waals surface area contributed by atoms with E-state index in [1.807, 2.05) is 0 Å². The van der Waals surface area contributed by atoms with Gasteiger partial charge in [-0.3, -0.25) is 4.79 Å². The molecule has 1 amide bonds. The standard InChI is InChI=1S/C18H30N2O2.ClH/c1-6-13(4)14-7-9-15(10-8-14)17(12(2)3)20-18(21)16(19)11-22-5;/h7-10,12-13,16-17H,6,11,19H2,1-5H3,(H,20,21);1H. The molecule has 5 heteroatoms. The molecule has 0 heterocycles. The molecule has 3 N–H and O–H groups in total. The summed E-state index contributed by atoms with van der Waals surface area (Å²) in [4.78, 5) is 12.1. The molecule has 0 spiro atoms. The van der Waals surface area contributed by atoms with E-state index in [0.29, 0.717) is 5.92 Å². The van der Waals surface area contributed by atoms with E-state index >= 15 is 0 Å². The summed E-state index contributed by atoms with van der Waals surface area (Å²) < 4.78 is 4.94. The third-order valence-corrected chi connectivity index (χ3v) is 4.12. The van der Waals surface area contributed by atoms with Crippen LogP contribution in [-0.4, -0.2) is 25.7 Å². The number of carbonyl (C=O) groups excluding carboxylic acids is 1. The number of methoxy groups -OCH3 is 1. The van der Waals surface area contributed by atoms with E-state index in [-0.39, 0.29) is 36.9 Å². The Hall–Kier alpha value is -1.10. The third kappa shape index (κ3) is 6.50. The molecule has 0 bridgehead atoms. The van der Waals surface area contributed by atoms with Crippen molar-refractivity contribution in [2.45, 2.75) is 52.1 Å². The Labute approximate surface area is 146 Å². The van der Waals surface area contributed by atoms with E-state index in [9.17, 15) is 4.79 Å². The maximum atomic E-state index is 12.1. The Morgan fingerprint density at radius 2 is 1.70 bits per heavy atom. The van der Waals surface area contributed by atoms with Gasteiger partial charge in [-0.25, -0.2) is 0 Å². The Morgan fingerprint density at radius 3 is 2.13 bits per heavy atom. The van der Waals surface area contributed by atoms with Crippen molar-refractivity contribution in [1.29, 1.82) is 0 Å². The van der Waals surface area contributed by atoms with Crippen LogP contribution in [-0.2, 0) is 9.53 Å². The molecule has 0 saturated heterocycles. The van der Waals surface area contributed by atoms with Crippen molar-refractivity contribution in [2.24, 2.45) is 11.7 Å². The van der Waals surface area contributed by atoms with Crippen molar-refractivity contribution in [3.05, 3.63) is 35.4 Å². The molecule has 1 aromatic rings. The van der Waals surface area contributed by atoms with Crippen molar-refractivity contribution in [3.8, 4) is 0 Å². The SMILES string of the molecule is CCC(C)c1ccc(C(NC(=O)C(N)COC)C(C)C)cc1.Cl. The third-order valence-electron chi connectivity index (χ3n) is 4.12. The van der Waals surface area contributed by atoms with E-state index in [4.69, 9.17) is 10.5 Å². The minimum absolute atomic E-state index is 0. The van der Waals surface area contributed by atoms with E-state index in [1.165, 1.54) is 5.56 Å². The second kappa shape index (κ2) is 10.6. The molecular formula is C18H31ClN2O2. The summed E-state index contributed by atoms with van der Waals surface area (Å²) in [6.45, 7) is 8.82. The zero-order valence-corrected chi connectivity index (χ0v) is 15.7. The predicted octanol–water partition coefficient (Wildman–Crippen LogP) is 3.41. The minimum Gasteiger partial charge on any atom is -0.383 e. The van der Waals surface area contributed by atoms with E-state index < -0.39 is 6.04 Å². The van der Waals surface area contributed by atoms with Crippen LogP contribution in [0.5, 0.6) is 0 Å². The molecule has 0 fully saturated rings. The Balaban J connectivity index is 0.00000484. The molecule has 23 heavy (non-hydrogen) atoms. The number of amides is 1. The molecule has 1 rings (SSSR count). The summed E-state index contributed by atoms with van der Waals surface area (Å²) >= 11 is 0. The number of rotatable bonds is 8. The van der Waals surface area contributed by atoms with Gasteiger partial charge in [0.05, 0.1) is 12.6 Å². The number of carbonyl (C=O) groups is 1. The second-order valence-corrected chi connectivity index (χ2v) is 6.27. The first-order valence-electron chi connectivity index (χ1n) is 8.05. The summed E-state index contributed by atoms with van der Waals surface area (Å²) in [5.41, 5.74) is 8.24. The van der Waals surface area contributed by atoms with Gasteiger partial charge < -0.3 is 15.8 Å². The van der Waals surface area contributed by atoms with Gasteiger partial charge in [-0.15, -0.1) is 12.4 Å². The van der Waals surface area contributed by atoms with E-state index in [2.05, 4.69) is 57.3 Å². The highest BCUT2D eigenvalue weighted by Crippen LogP contribution is 2.25. The monoisotopic (exact) mass is 342 g/mol. The van der Waals surface area contributed by atoms with Gasteiger partial charge in [0.2, 0.25) is 5.91 Å². The van der Waals surface area contributed by atoms with Gasteiger partial charge in [0, 0.05) is 7.11 Å². The lowest BCUT2D eigenvalue weighted by atomic mass is 9.92. The highest BCUT2D eigenvalue weighted by Gasteiger charge is 2.22. The molecule has 132 valence electrons. The number of nitrogens with one attached hydrogen (secondary N) is 1. The Kier molecular flexibility index (Phi) is 10.1. The molecule has 0 aliphatic carbocycles. The minimum atomic E-state index is -0.634. The topological polar surface area (TPSA) is 64.4 Å². The van der Waals surface area contributed by atoms with Crippen LogP contribution in [0.4, 0.5) is 0 Å². The predicted molar refractivity (Wildman–Crippen MR) is 98.0 cm³/mol. The summed E-state index contributed by atoms with van der Waals surface area (Å²) in [5.74, 6) is 0.663. The molecule has 3 unspecified atom stereocenters. The van der Waals surface area contributed by atoms with Gasteiger partial charge in [0.15, 0.2) is 0 Å². The second-order valence-electron chi connectivity index (χ2n) is 6.27.